The molecule has 0 atom stereocenters. The van der Waals surface area contributed by atoms with Crippen LogP contribution in [0.25, 0.3) is 12.2 Å². The second-order valence-corrected chi connectivity index (χ2v) is 2.13. The van der Waals surface area contributed by atoms with Crippen LogP contribution in [0, 0.1) is 0 Å². The van der Waals surface area contributed by atoms with Crippen LogP contribution in [0.2, 0.25) is 0 Å². The quantitative estimate of drug-likeness (QED) is 0.578. The van der Waals surface area contributed by atoms with Gasteiger partial charge in [0.1, 0.15) is 11.4 Å². The molecule has 1 aromatic rings. The van der Waals surface area contributed by atoms with Crippen LogP contribution in [0.15, 0.2) is 12.2 Å². The van der Waals surface area contributed by atoms with Crippen molar-refractivity contribution >= 4 is 12.2 Å². The Bertz CT molecular complexity index is 256. The summed E-state index contributed by atoms with van der Waals surface area (Å²) in [6, 6.07) is 0. The van der Waals surface area contributed by atoms with Gasteiger partial charge in [0.25, 0.3) is 0 Å². The number of aromatic amines is 1. The molecule has 1 N–H and O–H groups in total. The monoisotopic (exact) mass is 133 g/mol. The fourth-order valence-corrected chi connectivity index (χ4v) is 0.930. The van der Waals surface area contributed by atoms with Crippen molar-refractivity contribution < 1.29 is 0 Å². The second kappa shape index (κ2) is 2.10. The van der Waals surface area contributed by atoms with Crippen LogP contribution in [0.5, 0.6) is 0 Å². The van der Waals surface area contributed by atoms with Gasteiger partial charge in [0.2, 0.25) is 0 Å². The molecular formula is C7H7N3. The van der Waals surface area contributed by atoms with Crippen molar-refractivity contribution in [2.24, 2.45) is 0 Å². The van der Waals surface area contributed by atoms with Crippen LogP contribution in [0.1, 0.15) is 17.8 Å². The fraction of sp³-hybridized carbons (Fsp3) is 0.143. The lowest BCUT2D eigenvalue weighted by molar-refractivity contribution is 0.934. The number of fused-ring (bicyclic) bond motifs is 1. The summed E-state index contributed by atoms with van der Waals surface area (Å²) in [7, 11) is 0. The Morgan fingerprint density at radius 1 is 1.10 bits per heavy atom. The number of nitrogens with zero attached hydrogens (tertiary/aromatic N) is 2. The molecule has 0 fully saturated rings. The Morgan fingerprint density at radius 3 is 2.30 bits per heavy atom. The molecular weight excluding hydrogens is 126 g/mol. The van der Waals surface area contributed by atoms with E-state index in [9.17, 15) is 0 Å². The normalized spacial score (nSPS) is 14.8. The summed E-state index contributed by atoms with van der Waals surface area (Å²) in [6.07, 6.45) is 9.03. The Labute approximate surface area is 58.5 Å². The third kappa shape index (κ3) is 0.757. The first-order chi connectivity index (χ1) is 4.97. The Kier molecular flexibility index (Phi) is 1.13. The predicted octanol–water partition coefficient (Wildman–Crippen LogP) is 1.23. The number of allylic oxidation sites excluding steroid dienone is 2. The molecule has 1 aliphatic carbocycles. The van der Waals surface area contributed by atoms with E-state index in [1.807, 2.05) is 12.2 Å². The van der Waals surface area contributed by atoms with E-state index in [-0.39, 0.29) is 0 Å². The summed E-state index contributed by atoms with van der Waals surface area (Å²) in [5.74, 6) is 0. The van der Waals surface area contributed by atoms with E-state index in [4.69, 9.17) is 0 Å². The number of hydrogen-bond acceptors (Lipinski definition) is 2. The molecule has 10 heavy (non-hydrogen) atoms. The van der Waals surface area contributed by atoms with Crippen molar-refractivity contribution in [1.29, 1.82) is 0 Å². The van der Waals surface area contributed by atoms with Crippen molar-refractivity contribution in [3.63, 3.8) is 0 Å². The minimum Gasteiger partial charge on any atom is -0.197 e. The van der Waals surface area contributed by atoms with Crippen LogP contribution in [0.4, 0.5) is 0 Å². The SMILES string of the molecule is C1=Cc2n[nH]nc2C=CC1. The summed E-state index contributed by atoms with van der Waals surface area (Å²) in [5.41, 5.74) is 1.85. The molecule has 0 amide bonds. The zero-order chi connectivity index (χ0) is 6.81. The third-order valence-corrected chi connectivity index (χ3v) is 1.43. The van der Waals surface area contributed by atoms with Crippen LogP contribution < -0.4 is 0 Å². The summed E-state index contributed by atoms with van der Waals surface area (Å²) < 4.78 is 0. The Hall–Kier alpha value is -1.38. The lowest BCUT2D eigenvalue weighted by Crippen LogP contribution is -1.73. The van der Waals surface area contributed by atoms with Gasteiger partial charge in [-0.3, -0.25) is 0 Å². The van der Waals surface area contributed by atoms with E-state index < -0.39 is 0 Å². The highest BCUT2D eigenvalue weighted by Crippen LogP contribution is 2.10. The molecule has 0 aliphatic heterocycles. The van der Waals surface area contributed by atoms with Gasteiger partial charge in [-0.1, -0.05) is 12.2 Å². The topological polar surface area (TPSA) is 41.6 Å². The van der Waals surface area contributed by atoms with Gasteiger partial charge in [-0.15, -0.1) is 0 Å². The smallest absolute Gasteiger partial charge is 0.112 e. The molecule has 3 heteroatoms. The molecule has 0 spiro atoms. The molecule has 50 valence electrons. The average molecular weight is 133 g/mol. The van der Waals surface area contributed by atoms with Crippen LogP contribution >= 0.6 is 0 Å². The maximum atomic E-state index is 3.94. The number of nitrogens with one attached hydrogen (secondary N) is 1. The van der Waals surface area contributed by atoms with Gasteiger partial charge in [-0.2, -0.15) is 15.4 Å². The number of hydrogen-bond donors (Lipinski definition) is 1. The fourth-order valence-electron chi connectivity index (χ4n) is 0.930. The maximum Gasteiger partial charge on any atom is 0.112 e. The summed E-state index contributed by atoms with van der Waals surface area (Å²) in [6.45, 7) is 0. The number of aromatic nitrogens is 3. The lowest BCUT2D eigenvalue weighted by atomic mass is 10.3. The predicted molar refractivity (Wildman–Crippen MR) is 39.1 cm³/mol. The highest BCUT2D eigenvalue weighted by molar-refractivity contribution is 5.61. The zero-order valence-corrected chi connectivity index (χ0v) is 5.41. The van der Waals surface area contributed by atoms with E-state index in [0.29, 0.717) is 0 Å². The van der Waals surface area contributed by atoms with E-state index in [2.05, 4.69) is 27.6 Å². The van der Waals surface area contributed by atoms with Crippen LogP contribution in [-0.4, -0.2) is 15.4 Å². The molecule has 0 radical (unpaired) electrons. The lowest BCUT2D eigenvalue weighted by Gasteiger charge is -1.79. The summed E-state index contributed by atoms with van der Waals surface area (Å²) in [5, 5.41) is 10.5. The van der Waals surface area contributed by atoms with E-state index in [1.54, 1.807) is 0 Å². The third-order valence-electron chi connectivity index (χ3n) is 1.43. The zero-order valence-electron chi connectivity index (χ0n) is 5.41. The first-order valence-electron chi connectivity index (χ1n) is 3.20. The second-order valence-electron chi connectivity index (χ2n) is 2.13. The standard InChI is InChI=1S/C7H7N3/c1-2-4-6-7(5-3-1)9-10-8-6/h2-5H,1H2,(H,8,9,10). The highest BCUT2D eigenvalue weighted by atomic mass is 15.3. The first-order valence-corrected chi connectivity index (χ1v) is 3.20. The van der Waals surface area contributed by atoms with E-state index in [1.165, 1.54) is 0 Å². The Morgan fingerprint density at radius 2 is 1.70 bits per heavy atom. The molecule has 2 rings (SSSR count). The summed E-state index contributed by atoms with van der Waals surface area (Å²) >= 11 is 0. The van der Waals surface area contributed by atoms with Gasteiger partial charge in [0.15, 0.2) is 0 Å². The highest BCUT2D eigenvalue weighted by Gasteiger charge is 2.00. The molecule has 0 bridgehead atoms. The first kappa shape index (κ1) is 5.41. The molecule has 3 nitrogen and oxygen atoms in total. The van der Waals surface area contributed by atoms with E-state index >= 15 is 0 Å². The van der Waals surface area contributed by atoms with Gasteiger partial charge in [-0.25, -0.2) is 0 Å². The van der Waals surface area contributed by atoms with Crippen LogP contribution in [0.3, 0.4) is 0 Å². The van der Waals surface area contributed by atoms with Gasteiger partial charge in [-0.05, 0) is 18.6 Å². The van der Waals surface area contributed by atoms with Crippen molar-refractivity contribution in [2.45, 2.75) is 6.42 Å². The van der Waals surface area contributed by atoms with Crippen molar-refractivity contribution in [3.8, 4) is 0 Å². The van der Waals surface area contributed by atoms with Gasteiger partial charge >= 0.3 is 0 Å². The molecule has 1 heterocycles. The van der Waals surface area contributed by atoms with Crippen molar-refractivity contribution in [3.05, 3.63) is 23.5 Å². The molecule has 0 aromatic carbocycles. The van der Waals surface area contributed by atoms with Crippen molar-refractivity contribution in [2.75, 3.05) is 0 Å². The van der Waals surface area contributed by atoms with Gasteiger partial charge in [0, 0.05) is 0 Å². The number of H-pyrrole nitrogens is 1. The molecule has 1 aliphatic rings. The molecule has 1 aromatic heterocycles. The average Bonchev–Trinajstić information content (AvgIpc) is 2.28. The van der Waals surface area contributed by atoms with Crippen LogP contribution in [-0.2, 0) is 0 Å². The largest absolute Gasteiger partial charge is 0.197 e. The maximum absolute atomic E-state index is 3.94. The minimum absolute atomic E-state index is 0.925. The molecule has 0 saturated heterocycles. The summed E-state index contributed by atoms with van der Waals surface area (Å²) in [4.78, 5) is 0. The number of rotatable bonds is 0. The minimum atomic E-state index is 0.925. The van der Waals surface area contributed by atoms with Crippen molar-refractivity contribution in [1.82, 2.24) is 15.4 Å². The Balaban J connectivity index is 2.56. The van der Waals surface area contributed by atoms with Gasteiger partial charge in [0.05, 0.1) is 0 Å². The van der Waals surface area contributed by atoms with E-state index in [0.717, 1.165) is 17.8 Å². The van der Waals surface area contributed by atoms with Gasteiger partial charge < -0.3 is 0 Å². The molecule has 0 unspecified atom stereocenters. The molecule has 0 saturated carbocycles.